The maximum atomic E-state index is 12.9. The molecule has 0 aliphatic heterocycles. The molecule has 0 amide bonds. The summed E-state index contributed by atoms with van der Waals surface area (Å²) in [6.07, 6.45) is 1.82. The lowest BCUT2D eigenvalue weighted by atomic mass is 10.2. The molecule has 1 aromatic heterocycles. The first kappa shape index (κ1) is 7.80. The number of halogens is 2. The molecule has 62 valence electrons. The summed E-state index contributed by atoms with van der Waals surface area (Å²) in [6, 6.07) is 3.04. The molecular weight excluding hydrogens is 221 g/mol. The summed E-state index contributed by atoms with van der Waals surface area (Å²) < 4.78 is 13.8. The van der Waals surface area contributed by atoms with Crippen LogP contribution in [0, 0.1) is 12.7 Å². The Morgan fingerprint density at radius 2 is 2.17 bits per heavy atom. The van der Waals surface area contributed by atoms with Gasteiger partial charge in [0.2, 0.25) is 0 Å². The van der Waals surface area contributed by atoms with Gasteiger partial charge in [0.15, 0.2) is 0 Å². The quantitative estimate of drug-likeness (QED) is 0.711. The van der Waals surface area contributed by atoms with E-state index in [1.54, 1.807) is 0 Å². The molecule has 2 aromatic rings. The molecule has 3 heteroatoms. The molecule has 0 unspecified atom stereocenters. The summed E-state index contributed by atoms with van der Waals surface area (Å²) in [5.74, 6) is -0.194. The van der Waals surface area contributed by atoms with Crippen LogP contribution in [0.15, 0.2) is 22.8 Å². The minimum atomic E-state index is -0.194. The average Bonchev–Trinajstić information content (AvgIpc) is 2.33. The van der Waals surface area contributed by atoms with Crippen molar-refractivity contribution in [2.75, 3.05) is 0 Å². The van der Waals surface area contributed by atoms with Gasteiger partial charge in [0, 0.05) is 21.6 Å². The van der Waals surface area contributed by atoms with Gasteiger partial charge in [-0.3, -0.25) is 0 Å². The third-order valence-corrected chi connectivity index (χ3v) is 2.56. The number of aryl methyl sites for hydroxylation is 1. The second kappa shape index (κ2) is 2.59. The first-order valence-corrected chi connectivity index (χ1v) is 4.40. The fourth-order valence-electron chi connectivity index (χ4n) is 1.34. The maximum absolute atomic E-state index is 12.9. The van der Waals surface area contributed by atoms with Crippen LogP contribution in [-0.4, -0.2) is 4.98 Å². The highest BCUT2D eigenvalue weighted by molar-refractivity contribution is 9.10. The van der Waals surface area contributed by atoms with Crippen LogP contribution < -0.4 is 0 Å². The smallest absolute Gasteiger partial charge is 0.124 e. The van der Waals surface area contributed by atoms with Gasteiger partial charge in [-0.15, -0.1) is 0 Å². The van der Waals surface area contributed by atoms with Crippen molar-refractivity contribution in [3.05, 3.63) is 34.2 Å². The Labute approximate surface area is 77.7 Å². The average molecular weight is 228 g/mol. The molecule has 1 aromatic carbocycles. The van der Waals surface area contributed by atoms with E-state index in [0.717, 1.165) is 20.9 Å². The maximum Gasteiger partial charge on any atom is 0.124 e. The van der Waals surface area contributed by atoms with Crippen LogP contribution in [0.25, 0.3) is 10.9 Å². The molecule has 0 atom stereocenters. The van der Waals surface area contributed by atoms with Gasteiger partial charge in [-0.05, 0) is 40.5 Å². The molecule has 0 aliphatic rings. The number of rotatable bonds is 0. The Morgan fingerprint density at radius 3 is 2.92 bits per heavy atom. The summed E-state index contributed by atoms with van der Waals surface area (Å²) in [5.41, 5.74) is 1.92. The van der Waals surface area contributed by atoms with Gasteiger partial charge in [0.25, 0.3) is 0 Å². The van der Waals surface area contributed by atoms with Gasteiger partial charge in [-0.2, -0.15) is 0 Å². The largest absolute Gasteiger partial charge is 0.360 e. The van der Waals surface area contributed by atoms with E-state index in [2.05, 4.69) is 20.9 Å². The van der Waals surface area contributed by atoms with E-state index < -0.39 is 0 Å². The highest BCUT2D eigenvalue weighted by atomic mass is 79.9. The van der Waals surface area contributed by atoms with Crippen molar-refractivity contribution in [1.29, 1.82) is 0 Å². The molecule has 0 aliphatic carbocycles. The number of H-pyrrole nitrogens is 1. The highest BCUT2D eigenvalue weighted by Gasteiger charge is 2.04. The van der Waals surface area contributed by atoms with Crippen molar-refractivity contribution in [3.8, 4) is 0 Å². The fraction of sp³-hybridized carbons (Fsp3) is 0.111. The van der Waals surface area contributed by atoms with Crippen molar-refractivity contribution >= 4 is 26.8 Å². The van der Waals surface area contributed by atoms with Crippen molar-refractivity contribution in [1.82, 2.24) is 4.98 Å². The molecule has 1 heterocycles. The number of hydrogen-bond acceptors (Lipinski definition) is 0. The molecule has 0 fully saturated rings. The molecule has 0 saturated carbocycles. The Hall–Kier alpha value is -0.830. The summed E-state index contributed by atoms with van der Waals surface area (Å²) in [4.78, 5) is 3.07. The lowest BCUT2D eigenvalue weighted by Crippen LogP contribution is -1.79. The van der Waals surface area contributed by atoms with Gasteiger partial charge in [-0.25, -0.2) is 4.39 Å². The first-order chi connectivity index (χ1) is 5.68. The predicted molar refractivity (Wildman–Crippen MR) is 50.7 cm³/mol. The molecule has 0 saturated heterocycles. The van der Waals surface area contributed by atoms with E-state index in [1.807, 2.05) is 13.1 Å². The lowest BCUT2D eigenvalue weighted by molar-refractivity contribution is 0.628. The summed E-state index contributed by atoms with van der Waals surface area (Å²) in [5, 5.41) is 0.896. The monoisotopic (exact) mass is 227 g/mol. The van der Waals surface area contributed by atoms with Crippen LogP contribution in [0.2, 0.25) is 0 Å². The molecule has 0 bridgehead atoms. The number of aromatic amines is 1. The number of benzene rings is 1. The molecule has 0 spiro atoms. The van der Waals surface area contributed by atoms with Crippen molar-refractivity contribution < 1.29 is 4.39 Å². The second-order valence-electron chi connectivity index (χ2n) is 2.78. The molecule has 2 rings (SSSR count). The van der Waals surface area contributed by atoms with E-state index in [4.69, 9.17) is 0 Å². The number of nitrogens with one attached hydrogen (secondary N) is 1. The lowest BCUT2D eigenvalue weighted by Gasteiger charge is -1.96. The molecule has 0 radical (unpaired) electrons. The summed E-state index contributed by atoms with van der Waals surface area (Å²) in [6.45, 7) is 1.88. The minimum Gasteiger partial charge on any atom is -0.360 e. The number of fused-ring (bicyclic) bond motifs is 1. The zero-order valence-electron chi connectivity index (χ0n) is 6.49. The molecule has 1 nitrogen and oxygen atoms in total. The topological polar surface area (TPSA) is 15.8 Å². The molecule has 12 heavy (non-hydrogen) atoms. The summed E-state index contributed by atoms with van der Waals surface area (Å²) >= 11 is 3.34. The molecular formula is C9H7BrFN. The van der Waals surface area contributed by atoms with E-state index in [-0.39, 0.29) is 5.82 Å². The fourth-order valence-corrected chi connectivity index (χ4v) is 1.76. The van der Waals surface area contributed by atoms with E-state index >= 15 is 0 Å². The van der Waals surface area contributed by atoms with E-state index in [0.29, 0.717) is 0 Å². The van der Waals surface area contributed by atoms with Crippen LogP contribution in [-0.2, 0) is 0 Å². The van der Waals surface area contributed by atoms with Crippen LogP contribution in [0.4, 0.5) is 4.39 Å². The van der Waals surface area contributed by atoms with Gasteiger partial charge in [-0.1, -0.05) is 0 Å². The predicted octanol–water partition coefficient (Wildman–Crippen LogP) is 3.38. The highest BCUT2D eigenvalue weighted by Crippen LogP contribution is 2.26. The van der Waals surface area contributed by atoms with Crippen LogP contribution in [0.3, 0.4) is 0 Å². The minimum absolute atomic E-state index is 0.194. The Balaban J connectivity index is 2.92. The Morgan fingerprint density at radius 1 is 1.42 bits per heavy atom. The third kappa shape index (κ3) is 1.05. The van der Waals surface area contributed by atoms with E-state index in [9.17, 15) is 4.39 Å². The van der Waals surface area contributed by atoms with Gasteiger partial charge >= 0.3 is 0 Å². The van der Waals surface area contributed by atoms with Gasteiger partial charge < -0.3 is 4.98 Å². The SMILES string of the molecule is Cc1cc(F)cc2c(Br)c[nH]c12. The number of hydrogen-bond donors (Lipinski definition) is 1. The molecule has 1 N–H and O–H groups in total. The Bertz CT molecular complexity index is 433. The summed E-state index contributed by atoms with van der Waals surface area (Å²) in [7, 11) is 0. The normalized spacial score (nSPS) is 10.9. The van der Waals surface area contributed by atoms with Crippen LogP contribution >= 0.6 is 15.9 Å². The van der Waals surface area contributed by atoms with Crippen LogP contribution in [0.1, 0.15) is 5.56 Å². The zero-order chi connectivity index (χ0) is 8.72. The van der Waals surface area contributed by atoms with Crippen molar-refractivity contribution in [3.63, 3.8) is 0 Å². The Kier molecular flexibility index (Phi) is 1.68. The van der Waals surface area contributed by atoms with Crippen molar-refractivity contribution in [2.24, 2.45) is 0 Å². The number of aromatic nitrogens is 1. The first-order valence-electron chi connectivity index (χ1n) is 3.61. The van der Waals surface area contributed by atoms with Crippen LogP contribution in [0.5, 0.6) is 0 Å². The van der Waals surface area contributed by atoms with Crippen molar-refractivity contribution in [2.45, 2.75) is 6.92 Å². The van der Waals surface area contributed by atoms with Gasteiger partial charge in [0.1, 0.15) is 5.82 Å². The third-order valence-electron chi connectivity index (χ3n) is 1.90. The van der Waals surface area contributed by atoms with Gasteiger partial charge in [0.05, 0.1) is 0 Å². The standard InChI is InChI=1S/C9H7BrFN/c1-5-2-6(11)3-7-8(10)4-12-9(5)7/h2-4,12H,1H3. The zero-order valence-corrected chi connectivity index (χ0v) is 8.07. The second-order valence-corrected chi connectivity index (χ2v) is 3.64. The van der Waals surface area contributed by atoms with E-state index in [1.165, 1.54) is 12.1 Å².